The summed E-state index contributed by atoms with van der Waals surface area (Å²) in [6, 6.07) is 13.1. The van der Waals surface area contributed by atoms with E-state index in [1.165, 1.54) is 18.7 Å². The molecule has 2 aromatic carbocycles. The molecule has 0 spiro atoms. The van der Waals surface area contributed by atoms with Gasteiger partial charge in [0.1, 0.15) is 0 Å². The molecule has 1 N–H and O–H groups in total. The Morgan fingerprint density at radius 3 is 2.46 bits per heavy atom. The lowest BCUT2D eigenvalue weighted by Gasteiger charge is -2.22. The first-order valence-corrected chi connectivity index (χ1v) is 14.1. The lowest BCUT2D eigenvalue weighted by molar-refractivity contribution is -0.141. The zero-order valence-corrected chi connectivity index (χ0v) is 22.7. The van der Waals surface area contributed by atoms with E-state index in [9.17, 15) is 18.0 Å². The third-order valence-corrected chi connectivity index (χ3v) is 6.50. The zero-order chi connectivity index (χ0) is 27.4. The van der Waals surface area contributed by atoms with Crippen LogP contribution in [0, 0.1) is 6.92 Å². The summed E-state index contributed by atoms with van der Waals surface area (Å²) in [5.41, 5.74) is 5.13. The highest BCUT2D eigenvalue weighted by molar-refractivity contribution is 7.86. The van der Waals surface area contributed by atoms with Gasteiger partial charge in [-0.1, -0.05) is 48.6 Å². The van der Waals surface area contributed by atoms with E-state index in [4.69, 9.17) is 8.92 Å². The molecule has 7 nitrogen and oxygen atoms in total. The van der Waals surface area contributed by atoms with E-state index in [-0.39, 0.29) is 12.8 Å². The van der Waals surface area contributed by atoms with Gasteiger partial charge in [-0.25, -0.2) is 0 Å². The van der Waals surface area contributed by atoms with E-state index < -0.39 is 34.1 Å². The monoisotopic (exact) mass is 527 g/mol. The second-order valence-electron chi connectivity index (χ2n) is 8.92. The number of nitrogens with one attached hydrogen (secondary N) is 1. The molecule has 2 atom stereocenters. The Morgan fingerprint density at radius 2 is 1.81 bits per heavy atom. The van der Waals surface area contributed by atoms with Crippen LogP contribution in [-0.4, -0.2) is 39.8 Å². The van der Waals surface area contributed by atoms with E-state index in [0.717, 1.165) is 48.6 Å². The van der Waals surface area contributed by atoms with Crippen molar-refractivity contribution < 1.29 is 26.9 Å². The molecule has 0 aliphatic carbocycles. The van der Waals surface area contributed by atoms with Crippen LogP contribution < -0.4 is 5.32 Å². The van der Waals surface area contributed by atoms with Gasteiger partial charge in [-0.15, -0.1) is 13.2 Å². The van der Waals surface area contributed by atoms with Crippen molar-refractivity contribution in [1.82, 2.24) is 5.32 Å². The Balaban J connectivity index is 2.42. The molecule has 2 aromatic rings. The van der Waals surface area contributed by atoms with Crippen molar-refractivity contribution in [3.8, 4) is 11.1 Å². The fourth-order valence-corrected chi connectivity index (χ4v) is 4.77. The van der Waals surface area contributed by atoms with Crippen LogP contribution in [0.2, 0.25) is 0 Å². The predicted molar refractivity (Wildman–Crippen MR) is 146 cm³/mol. The fraction of sp³-hybridized carbons (Fsp3) is 0.379. The second-order valence-corrected chi connectivity index (χ2v) is 10.5. The standard InChI is InChI=1S/C29H37NO6S/c1-6-8-9-10-15-22-16-11-14-21(3)28(22)24-18-12-17-23(19-24)25(20-27(31)35-4)30-29(32)26(13-7-2)36-37(5,33)34/h6-7,11-12,14,16-19,25-26H,1-2,8-10,13,15,20H2,3-5H3,(H,30,32)/t25-,26+/m0/s1. The first-order chi connectivity index (χ1) is 17.6. The maximum Gasteiger partial charge on any atom is 0.307 e. The summed E-state index contributed by atoms with van der Waals surface area (Å²) in [6.45, 7) is 9.42. The number of carbonyl (C=O) groups is 2. The largest absolute Gasteiger partial charge is 0.469 e. The van der Waals surface area contributed by atoms with Crippen LogP contribution in [0.3, 0.4) is 0 Å². The number of unbranched alkanes of at least 4 members (excludes halogenated alkanes) is 2. The van der Waals surface area contributed by atoms with Crippen molar-refractivity contribution in [2.45, 2.75) is 57.6 Å². The molecule has 200 valence electrons. The first-order valence-electron chi connectivity index (χ1n) is 12.3. The third kappa shape index (κ3) is 9.63. The summed E-state index contributed by atoms with van der Waals surface area (Å²) in [4.78, 5) is 25.2. The highest BCUT2D eigenvalue weighted by Gasteiger charge is 2.27. The van der Waals surface area contributed by atoms with Crippen molar-refractivity contribution in [1.29, 1.82) is 0 Å². The highest BCUT2D eigenvalue weighted by atomic mass is 32.2. The number of rotatable bonds is 15. The SMILES string of the molecule is C=CCCCCc1cccc(C)c1-c1cccc([C@H](CC(=O)OC)NC(=O)[C@@H](CC=C)OS(C)(=O)=O)c1. The van der Waals surface area contributed by atoms with Gasteiger partial charge in [-0.3, -0.25) is 13.8 Å². The lowest BCUT2D eigenvalue weighted by atomic mass is 9.90. The lowest BCUT2D eigenvalue weighted by Crippen LogP contribution is -2.40. The number of aryl methyl sites for hydroxylation is 2. The molecule has 2 rings (SSSR count). The Kier molecular flexibility index (Phi) is 11.8. The van der Waals surface area contributed by atoms with Crippen molar-refractivity contribution in [3.05, 3.63) is 84.5 Å². The average molecular weight is 528 g/mol. The van der Waals surface area contributed by atoms with Crippen molar-refractivity contribution >= 4 is 22.0 Å². The number of hydrogen-bond donors (Lipinski definition) is 1. The minimum atomic E-state index is -3.89. The van der Waals surface area contributed by atoms with Crippen LogP contribution in [0.25, 0.3) is 11.1 Å². The van der Waals surface area contributed by atoms with E-state index in [0.29, 0.717) is 5.56 Å². The number of amides is 1. The summed E-state index contributed by atoms with van der Waals surface area (Å²) >= 11 is 0. The molecule has 1 amide bonds. The number of esters is 1. The summed E-state index contributed by atoms with van der Waals surface area (Å²) < 4.78 is 33.1. The normalized spacial score (nSPS) is 12.8. The topological polar surface area (TPSA) is 98.8 Å². The number of hydrogen-bond acceptors (Lipinski definition) is 6. The fourth-order valence-electron chi connectivity index (χ4n) is 4.18. The number of methoxy groups -OCH3 is 1. The van der Waals surface area contributed by atoms with Gasteiger partial charge in [-0.2, -0.15) is 8.42 Å². The molecule has 37 heavy (non-hydrogen) atoms. The minimum absolute atomic E-state index is 0.0116. The highest BCUT2D eigenvalue weighted by Crippen LogP contribution is 2.31. The van der Waals surface area contributed by atoms with Gasteiger partial charge in [0.05, 0.1) is 25.8 Å². The molecule has 0 radical (unpaired) electrons. The van der Waals surface area contributed by atoms with E-state index in [1.807, 2.05) is 36.4 Å². The third-order valence-electron chi connectivity index (χ3n) is 5.92. The second kappa shape index (κ2) is 14.5. The Hall–Kier alpha value is -3.23. The Morgan fingerprint density at radius 1 is 1.08 bits per heavy atom. The predicted octanol–water partition coefficient (Wildman–Crippen LogP) is 5.20. The molecule has 0 bridgehead atoms. The van der Waals surface area contributed by atoms with Crippen LogP contribution in [0.5, 0.6) is 0 Å². The first kappa shape index (κ1) is 30.0. The van der Waals surface area contributed by atoms with Crippen LogP contribution in [0.15, 0.2) is 67.8 Å². The molecule has 0 saturated heterocycles. The van der Waals surface area contributed by atoms with Crippen molar-refractivity contribution in [2.75, 3.05) is 13.4 Å². The number of benzene rings is 2. The van der Waals surface area contributed by atoms with Gasteiger partial charge in [0.25, 0.3) is 16.0 Å². The Labute approximate surface area is 220 Å². The van der Waals surface area contributed by atoms with Crippen LogP contribution in [-0.2, 0) is 35.0 Å². The molecule has 0 unspecified atom stereocenters. The van der Waals surface area contributed by atoms with Crippen molar-refractivity contribution in [2.24, 2.45) is 0 Å². The summed E-state index contributed by atoms with van der Waals surface area (Å²) in [7, 11) is -2.61. The maximum atomic E-state index is 13.0. The number of allylic oxidation sites excluding steroid dienone is 1. The molecular formula is C29H37NO6S. The molecular weight excluding hydrogens is 490 g/mol. The zero-order valence-electron chi connectivity index (χ0n) is 21.9. The molecule has 0 aliphatic heterocycles. The quantitative estimate of drug-likeness (QED) is 0.148. The van der Waals surface area contributed by atoms with Gasteiger partial charge >= 0.3 is 5.97 Å². The Bertz CT molecular complexity index is 1200. The smallest absolute Gasteiger partial charge is 0.307 e. The average Bonchev–Trinajstić information content (AvgIpc) is 2.85. The number of ether oxygens (including phenoxy) is 1. The van der Waals surface area contributed by atoms with Crippen LogP contribution in [0.4, 0.5) is 0 Å². The molecule has 0 fully saturated rings. The van der Waals surface area contributed by atoms with Crippen LogP contribution in [0.1, 0.15) is 54.8 Å². The molecule has 0 saturated carbocycles. The van der Waals surface area contributed by atoms with E-state index in [1.54, 1.807) is 0 Å². The molecule has 0 aromatic heterocycles. The van der Waals surface area contributed by atoms with Crippen molar-refractivity contribution in [3.63, 3.8) is 0 Å². The number of carbonyl (C=O) groups excluding carboxylic acids is 2. The molecule has 0 heterocycles. The van der Waals surface area contributed by atoms with Gasteiger partial charge in [0.2, 0.25) is 0 Å². The summed E-state index contributed by atoms with van der Waals surface area (Å²) in [5.74, 6) is -1.18. The van der Waals surface area contributed by atoms with Gasteiger partial charge in [-0.05, 0) is 66.5 Å². The van der Waals surface area contributed by atoms with Gasteiger partial charge in [0.15, 0.2) is 6.10 Å². The van der Waals surface area contributed by atoms with Gasteiger partial charge < -0.3 is 10.1 Å². The molecule has 8 heteroatoms. The van der Waals surface area contributed by atoms with E-state index in [2.05, 4.69) is 37.5 Å². The minimum Gasteiger partial charge on any atom is -0.469 e. The van der Waals surface area contributed by atoms with Gasteiger partial charge in [0, 0.05) is 6.42 Å². The molecule has 0 aliphatic rings. The van der Waals surface area contributed by atoms with Crippen LogP contribution >= 0.6 is 0 Å². The van der Waals surface area contributed by atoms with E-state index >= 15 is 0 Å². The maximum absolute atomic E-state index is 13.0. The summed E-state index contributed by atoms with van der Waals surface area (Å²) in [6.07, 6.45) is 6.76. The summed E-state index contributed by atoms with van der Waals surface area (Å²) in [5, 5.41) is 2.78.